The lowest BCUT2D eigenvalue weighted by Gasteiger charge is -2.28. The lowest BCUT2D eigenvalue weighted by Crippen LogP contribution is -2.45. The van der Waals surface area contributed by atoms with Crippen LogP contribution in [0.4, 0.5) is 0 Å². The van der Waals surface area contributed by atoms with Gasteiger partial charge in [0.15, 0.2) is 5.72 Å². The first-order valence-electron chi connectivity index (χ1n) is 7.47. The van der Waals surface area contributed by atoms with Crippen LogP contribution in [0, 0.1) is 0 Å². The summed E-state index contributed by atoms with van der Waals surface area (Å²) in [7, 11) is -3.97. The summed E-state index contributed by atoms with van der Waals surface area (Å²) in [5.74, 6) is 0. The number of hydrogen-bond acceptors (Lipinski definition) is 5. The number of pyridine rings is 2. The predicted molar refractivity (Wildman–Crippen MR) is 90.5 cm³/mol. The second-order valence-electron chi connectivity index (χ2n) is 5.38. The molecule has 0 fully saturated rings. The number of hydrogen-bond donors (Lipinski definition) is 2. The molecule has 2 N–H and O–H groups in total. The first kappa shape index (κ1) is 16.5. The molecule has 1 atom stereocenters. The topological polar surface area (TPSA) is 92.2 Å². The highest BCUT2D eigenvalue weighted by molar-refractivity contribution is 7.89. The van der Waals surface area contributed by atoms with Crippen LogP contribution in [0.1, 0.15) is 18.9 Å². The maximum absolute atomic E-state index is 12.9. The van der Waals surface area contributed by atoms with Gasteiger partial charge in [0.1, 0.15) is 0 Å². The molecule has 0 aliphatic rings. The molecule has 0 spiro atoms. The summed E-state index contributed by atoms with van der Waals surface area (Å²) in [6.45, 7) is 1.70. The Hall–Kier alpha value is -2.35. The second kappa shape index (κ2) is 6.27. The van der Waals surface area contributed by atoms with E-state index in [1.54, 1.807) is 49.5 Å². The Balaban J connectivity index is 2.07. The summed E-state index contributed by atoms with van der Waals surface area (Å²) in [4.78, 5) is 8.14. The Kier molecular flexibility index (Phi) is 4.31. The van der Waals surface area contributed by atoms with Crippen molar-refractivity contribution < 1.29 is 13.5 Å². The van der Waals surface area contributed by atoms with Gasteiger partial charge in [-0.05, 0) is 42.8 Å². The van der Waals surface area contributed by atoms with Crippen molar-refractivity contribution >= 4 is 20.9 Å². The molecule has 7 heteroatoms. The fourth-order valence-electron chi connectivity index (χ4n) is 2.55. The zero-order valence-corrected chi connectivity index (χ0v) is 13.9. The van der Waals surface area contributed by atoms with Gasteiger partial charge >= 0.3 is 0 Å². The van der Waals surface area contributed by atoms with Crippen LogP contribution in [0.25, 0.3) is 10.9 Å². The van der Waals surface area contributed by atoms with Gasteiger partial charge in [-0.15, -0.1) is 0 Å². The minimum absolute atomic E-state index is 0.0778. The SMILES string of the molecule is CCC(O)(NS(=O)(=O)c1cccc2ncccc12)c1ccncc1. The zero-order chi connectivity index (χ0) is 17.2. The van der Waals surface area contributed by atoms with E-state index >= 15 is 0 Å². The average molecular weight is 343 g/mol. The van der Waals surface area contributed by atoms with Crippen LogP contribution in [-0.4, -0.2) is 23.5 Å². The predicted octanol–water partition coefficient (Wildman–Crippen LogP) is 2.16. The van der Waals surface area contributed by atoms with Crippen LogP contribution >= 0.6 is 0 Å². The molecule has 0 radical (unpaired) electrons. The van der Waals surface area contributed by atoms with E-state index in [2.05, 4.69) is 14.7 Å². The molecular formula is C17H17N3O3S. The molecule has 6 nitrogen and oxygen atoms in total. The maximum Gasteiger partial charge on any atom is 0.243 e. The monoisotopic (exact) mass is 343 g/mol. The molecule has 2 aromatic heterocycles. The highest BCUT2D eigenvalue weighted by atomic mass is 32.2. The van der Waals surface area contributed by atoms with E-state index in [9.17, 15) is 13.5 Å². The zero-order valence-electron chi connectivity index (χ0n) is 13.0. The van der Waals surface area contributed by atoms with Gasteiger partial charge in [-0.3, -0.25) is 9.97 Å². The molecule has 24 heavy (non-hydrogen) atoms. The Morgan fingerprint density at radius 3 is 2.54 bits per heavy atom. The van der Waals surface area contributed by atoms with Crippen molar-refractivity contribution in [2.24, 2.45) is 0 Å². The van der Waals surface area contributed by atoms with E-state index in [4.69, 9.17) is 0 Å². The molecule has 124 valence electrons. The van der Waals surface area contributed by atoms with Crippen LogP contribution < -0.4 is 4.72 Å². The molecule has 3 aromatic rings. The van der Waals surface area contributed by atoms with E-state index in [1.807, 2.05) is 0 Å². The molecule has 0 bridgehead atoms. The fourth-order valence-corrected chi connectivity index (χ4v) is 4.09. The van der Waals surface area contributed by atoms with Gasteiger partial charge in [-0.1, -0.05) is 13.0 Å². The molecule has 3 rings (SSSR count). The third-order valence-electron chi connectivity index (χ3n) is 3.87. The van der Waals surface area contributed by atoms with E-state index in [-0.39, 0.29) is 11.3 Å². The second-order valence-corrected chi connectivity index (χ2v) is 7.03. The minimum Gasteiger partial charge on any atom is -0.371 e. The summed E-state index contributed by atoms with van der Waals surface area (Å²) < 4.78 is 28.2. The molecule has 0 saturated heterocycles. The van der Waals surface area contributed by atoms with Gasteiger partial charge in [0.05, 0.1) is 10.4 Å². The van der Waals surface area contributed by atoms with E-state index < -0.39 is 15.7 Å². The Bertz CT molecular complexity index is 956. The summed E-state index contributed by atoms with van der Waals surface area (Å²) in [5.41, 5.74) is -0.710. The van der Waals surface area contributed by atoms with Gasteiger partial charge in [-0.25, -0.2) is 8.42 Å². The van der Waals surface area contributed by atoms with Crippen LogP contribution in [0.5, 0.6) is 0 Å². The highest BCUT2D eigenvalue weighted by Crippen LogP contribution is 2.27. The molecule has 0 aliphatic heterocycles. The number of nitrogens with one attached hydrogen (secondary N) is 1. The van der Waals surface area contributed by atoms with Crippen molar-refractivity contribution in [2.45, 2.75) is 24.0 Å². The number of aromatic nitrogens is 2. The third kappa shape index (κ3) is 3.01. The molecule has 1 unspecified atom stereocenters. The Morgan fingerprint density at radius 1 is 1.08 bits per heavy atom. The van der Waals surface area contributed by atoms with Crippen molar-refractivity contribution in [2.75, 3.05) is 0 Å². The molecule has 2 heterocycles. The molecule has 1 aromatic carbocycles. The van der Waals surface area contributed by atoms with E-state index in [0.29, 0.717) is 16.5 Å². The normalized spacial score (nSPS) is 14.4. The molecule has 0 amide bonds. The van der Waals surface area contributed by atoms with Crippen LogP contribution in [0.15, 0.2) is 66.0 Å². The highest BCUT2D eigenvalue weighted by Gasteiger charge is 2.33. The van der Waals surface area contributed by atoms with Gasteiger partial charge in [0, 0.05) is 29.5 Å². The Labute approximate surface area is 140 Å². The van der Waals surface area contributed by atoms with Crippen molar-refractivity contribution in [3.63, 3.8) is 0 Å². The average Bonchev–Trinajstić information content (AvgIpc) is 2.61. The third-order valence-corrected chi connectivity index (χ3v) is 5.41. The van der Waals surface area contributed by atoms with Gasteiger partial charge in [-0.2, -0.15) is 4.72 Å². The van der Waals surface area contributed by atoms with Crippen LogP contribution in [0.2, 0.25) is 0 Å². The number of benzene rings is 1. The van der Waals surface area contributed by atoms with E-state index in [1.165, 1.54) is 18.5 Å². The first-order chi connectivity index (χ1) is 11.5. The largest absolute Gasteiger partial charge is 0.371 e. The summed E-state index contributed by atoms with van der Waals surface area (Å²) >= 11 is 0. The molecule has 0 aliphatic carbocycles. The summed E-state index contributed by atoms with van der Waals surface area (Å²) in [6, 6.07) is 11.4. The lowest BCUT2D eigenvalue weighted by atomic mass is 10.0. The van der Waals surface area contributed by atoms with Gasteiger partial charge in [0.25, 0.3) is 0 Å². The smallest absolute Gasteiger partial charge is 0.243 e. The summed E-state index contributed by atoms with van der Waals surface area (Å²) in [6.07, 6.45) is 4.78. The number of nitrogens with zero attached hydrogens (tertiary/aromatic N) is 2. The minimum atomic E-state index is -3.97. The molecule has 0 saturated carbocycles. The lowest BCUT2D eigenvalue weighted by molar-refractivity contribution is 0.0205. The first-order valence-corrected chi connectivity index (χ1v) is 8.95. The fraction of sp³-hybridized carbons (Fsp3) is 0.176. The van der Waals surface area contributed by atoms with Crippen LogP contribution in [0.3, 0.4) is 0 Å². The number of fused-ring (bicyclic) bond motifs is 1. The Morgan fingerprint density at radius 2 is 1.83 bits per heavy atom. The van der Waals surface area contributed by atoms with E-state index in [0.717, 1.165) is 0 Å². The standard InChI is InChI=1S/C17H17N3O3S/c1-2-17(21,13-8-11-18-12-9-13)20-24(22,23)16-7-3-6-15-14(16)5-4-10-19-15/h3-12,20-21H,2H2,1H3. The van der Waals surface area contributed by atoms with Crippen molar-refractivity contribution in [1.29, 1.82) is 0 Å². The van der Waals surface area contributed by atoms with Gasteiger partial charge < -0.3 is 5.11 Å². The summed E-state index contributed by atoms with van der Waals surface area (Å²) in [5, 5.41) is 11.3. The van der Waals surface area contributed by atoms with Crippen LogP contribution in [-0.2, 0) is 15.7 Å². The molecular weight excluding hydrogens is 326 g/mol. The van der Waals surface area contributed by atoms with Gasteiger partial charge in [0.2, 0.25) is 10.0 Å². The van der Waals surface area contributed by atoms with Crippen molar-refractivity contribution in [1.82, 2.24) is 14.7 Å². The van der Waals surface area contributed by atoms with Crippen molar-refractivity contribution in [3.05, 3.63) is 66.6 Å². The number of rotatable bonds is 5. The number of sulfonamides is 1. The number of aliphatic hydroxyl groups is 1. The maximum atomic E-state index is 12.9. The van der Waals surface area contributed by atoms with Crippen molar-refractivity contribution in [3.8, 4) is 0 Å². The quantitative estimate of drug-likeness (QED) is 0.693.